The van der Waals surface area contributed by atoms with Gasteiger partial charge in [-0.05, 0) is 12.1 Å². The van der Waals surface area contributed by atoms with Gasteiger partial charge in [0, 0.05) is 5.69 Å². The number of hydrogen-bond acceptors (Lipinski definition) is 4. The molecule has 1 aliphatic heterocycles. The molecule has 0 aromatic heterocycles. The number of rotatable bonds is 3. The molecular formula is C10H11NO3. The summed E-state index contributed by atoms with van der Waals surface area (Å²) < 4.78 is 9.91. The number of carbonyl (C=O) groups is 1. The standard InChI is InChI=1S/C10H11NO3/c11-9-4-2-1-3-8(9)10(12)14-6-7-5-13-7/h1-4,7H,5-6,11H2. The first kappa shape index (κ1) is 9.02. The van der Waals surface area contributed by atoms with Crippen LogP contribution in [0.5, 0.6) is 0 Å². The maximum absolute atomic E-state index is 11.4. The first-order chi connectivity index (χ1) is 6.77. The first-order valence-corrected chi connectivity index (χ1v) is 4.40. The van der Waals surface area contributed by atoms with Gasteiger partial charge >= 0.3 is 5.97 Å². The second kappa shape index (κ2) is 3.67. The topological polar surface area (TPSA) is 64.9 Å². The van der Waals surface area contributed by atoms with E-state index in [2.05, 4.69) is 0 Å². The fourth-order valence-corrected chi connectivity index (χ4v) is 1.09. The fraction of sp³-hybridized carbons (Fsp3) is 0.300. The van der Waals surface area contributed by atoms with Crippen molar-refractivity contribution in [3.05, 3.63) is 29.8 Å². The lowest BCUT2D eigenvalue weighted by Crippen LogP contribution is -2.11. The maximum Gasteiger partial charge on any atom is 0.340 e. The van der Waals surface area contributed by atoms with Gasteiger partial charge in [-0.25, -0.2) is 4.79 Å². The molecule has 1 unspecified atom stereocenters. The lowest BCUT2D eigenvalue weighted by molar-refractivity contribution is 0.0478. The zero-order chi connectivity index (χ0) is 9.97. The molecule has 14 heavy (non-hydrogen) atoms. The van der Waals surface area contributed by atoms with Gasteiger partial charge in [-0.3, -0.25) is 0 Å². The van der Waals surface area contributed by atoms with Crippen molar-refractivity contribution in [3.8, 4) is 0 Å². The second-order valence-electron chi connectivity index (χ2n) is 3.14. The van der Waals surface area contributed by atoms with E-state index >= 15 is 0 Å². The van der Waals surface area contributed by atoms with Gasteiger partial charge in [0.2, 0.25) is 0 Å². The first-order valence-electron chi connectivity index (χ1n) is 4.40. The summed E-state index contributed by atoms with van der Waals surface area (Å²) in [5.41, 5.74) is 6.46. The van der Waals surface area contributed by atoms with Crippen molar-refractivity contribution < 1.29 is 14.3 Å². The number of hydrogen-bond donors (Lipinski definition) is 1. The van der Waals surface area contributed by atoms with Crippen molar-refractivity contribution in [1.29, 1.82) is 0 Å². The molecule has 1 aromatic carbocycles. The molecule has 1 aliphatic rings. The van der Waals surface area contributed by atoms with Gasteiger partial charge in [0.25, 0.3) is 0 Å². The zero-order valence-electron chi connectivity index (χ0n) is 7.60. The quantitative estimate of drug-likeness (QED) is 0.438. The normalized spacial score (nSPS) is 19.0. The minimum absolute atomic E-state index is 0.0869. The van der Waals surface area contributed by atoms with Crippen molar-refractivity contribution in [1.82, 2.24) is 0 Å². The van der Waals surface area contributed by atoms with Gasteiger partial charge in [-0.1, -0.05) is 12.1 Å². The Hall–Kier alpha value is -1.55. The van der Waals surface area contributed by atoms with Crippen LogP contribution >= 0.6 is 0 Å². The predicted molar refractivity (Wildman–Crippen MR) is 50.9 cm³/mol. The van der Waals surface area contributed by atoms with Gasteiger partial charge in [0.1, 0.15) is 12.7 Å². The summed E-state index contributed by atoms with van der Waals surface area (Å²) in [6.45, 7) is 0.991. The van der Waals surface area contributed by atoms with E-state index in [1.165, 1.54) is 0 Å². The van der Waals surface area contributed by atoms with E-state index in [9.17, 15) is 4.79 Å². The number of carbonyl (C=O) groups excluding carboxylic acids is 1. The number of epoxide rings is 1. The van der Waals surface area contributed by atoms with Crippen LogP contribution in [-0.4, -0.2) is 25.3 Å². The molecule has 1 atom stereocenters. The molecule has 0 radical (unpaired) electrons. The van der Waals surface area contributed by atoms with Crippen LogP contribution in [0, 0.1) is 0 Å². The molecule has 4 nitrogen and oxygen atoms in total. The summed E-state index contributed by atoms with van der Waals surface area (Å²) >= 11 is 0. The Morgan fingerprint density at radius 3 is 2.93 bits per heavy atom. The molecule has 1 fully saturated rings. The van der Waals surface area contributed by atoms with E-state index in [0.717, 1.165) is 0 Å². The third-order valence-corrected chi connectivity index (χ3v) is 1.98. The molecular weight excluding hydrogens is 182 g/mol. The van der Waals surface area contributed by atoms with E-state index in [1.807, 2.05) is 0 Å². The summed E-state index contributed by atoms with van der Waals surface area (Å²) in [6.07, 6.45) is 0.0869. The summed E-state index contributed by atoms with van der Waals surface area (Å²) in [5, 5.41) is 0. The number of nitrogen functional groups attached to an aromatic ring is 1. The van der Waals surface area contributed by atoms with Crippen LogP contribution in [0.15, 0.2) is 24.3 Å². The third-order valence-electron chi connectivity index (χ3n) is 1.98. The molecule has 0 bridgehead atoms. The Labute approximate surface area is 81.6 Å². The largest absolute Gasteiger partial charge is 0.459 e. The van der Waals surface area contributed by atoms with Crippen LogP contribution in [0.1, 0.15) is 10.4 Å². The van der Waals surface area contributed by atoms with E-state index < -0.39 is 5.97 Å². The van der Waals surface area contributed by atoms with Crippen molar-refractivity contribution in [2.24, 2.45) is 0 Å². The van der Waals surface area contributed by atoms with E-state index in [1.54, 1.807) is 24.3 Å². The van der Waals surface area contributed by atoms with Gasteiger partial charge in [0.15, 0.2) is 0 Å². The van der Waals surface area contributed by atoms with Crippen LogP contribution in [0.3, 0.4) is 0 Å². The monoisotopic (exact) mass is 193 g/mol. The van der Waals surface area contributed by atoms with Crippen LogP contribution < -0.4 is 5.73 Å². The van der Waals surface area contributed by atoms with E-state index in [-0.39, 0.29) is 6.10 Å². The van der Waals surface area contributed by atoms with Crippen molar-refractivity contribution in [2.75, 3.05) is 18.9 Å². The third kappa shape index (κ3) is 2.03. The molecule has 0 saturated carbocycles. The van der Waals surface area contributed by atoms with E-state index in [4.69, 9.17) is 15.2 Å². The number of esters is 1. The van der Waals surface area contributed by atoms with Crippen molar-refractivity contribution in [3.63, 3.8) is 0 Å². The predicted octanol–water partition coefficient (Wildman–Crippen LogP) is 0.824. The van der Waals surface area contributed by atoms with Crippen LogP contribution in [0.4, 0.5) is 5.69 Å². The minimum atomic E-state index is -0.390. The van der Waals surface area contributed by atoms with Gasteiger partial charge < -0.3 is 15.2 Å². The Balaban J connectivity index is 1.98. The van der Waals surface area contributed by atoms with Crippen LogP contribution in [0.25, 0.3) is 0 Å². The van der Waals surface area contributed by atoms with Crippen molar-refractivity contribution in [2.45, 2.75) is 6.10 Å². The SMILES string of the molecule is Nc1ccccc1C(=O)OCC1CO1. The van der Waals surface area contributed by atoms with E-state index in [0.29, 0.717) is 24.5 Å². The summed E-state index contributed by atoms with van der Waals surface area (Å²) in [4.78, 5) is 11.4. The molecule has 4 heteroatoms. The van der Waals surface area contributed by atoms with Gasteiger partial charge in [-0.15, -0.1) is 0 Å². The highest BCUT2D eigenvalue weighted by atomic mass is 16.6. The lowest BCUT2D eigenvalue weighted by Gasteiger charge is -2.04. The number of nitrogens with two attached hydrogens (primary N) is 1. The smallest absolute Gasteiger partial charge is 0.340 e. The Morgan fingerprint density at radius 1 is 1.57 bits per heavy atom. The average molecular weight is 193 g/mol. The number of ether oxygens (including phenoxy) is 2. The highest BCUT2D eigenvalue weighted by Crippen LogP contribution is 2.14. The van der Waals surface area contributed by atoms with Gasteiger partial charge in [0.05, 0.1) is 12.2 Å². The minimum Gasteiger partial charge on any atom is -0.459 e. The molecule has 0 amide bonds. The fourth-order valence-electron chi connectivity index (χ4n) is 1.09. The highest BCUT2D eigenvalue weighted by Gasteiger charge is 2.24. The summed E-state index contributed by atoms with van der Waals surface area (Å²) in [6, 6.07) is 6.84. The average Bonchev–Trinajstić information content (AvgIpc) is 2.98. The number of para-hydroxylation sites is 1. The maximum atomic E-state index is 11.4. The van der Waals surface area contributed by atoms with Crippen LogP contribution in [-0.2, 0) is 9.47 Å². The Bertz CT molecular complexity index is 347. The number of anilines is 1. The molecule has 2 rings (SSSR count). The van der Waals surface area contributed by atoms with Crippen LogP contribution in [0.2, 0.25) is 0 Å². The Morgan fingerprint density at radius 2 is 2.29 bits per heavy atom. The molecule has 74 valence electrons. The van der Waals surface area contributed by atoms with Gasteiger partial charge in [-0.2, -0.15) is 0 Å². The lowest BCUT2D eigenvalue weighted by atomic mass is 10.2. The molecule has 1 aromatic rings. The summed E-state index contributed by atoms with van der Waals surface area (Å²) in [5.74, 6) is -0.390. The molecule has 1 heterocycles. The Kier molecular flexibility index (Phi) is 2.37. The second-order valence-corrected chi connectivity index (χ2v) is 3.14. The zero-order valence-corrected chi connectivity index (χ0v) is 7.60. The highest BCUT2D eigenvalue weighted by molar-refractivity contribution is 5.94. The molecule has 0 spiro atoms. The summed E-state index contributed by atoms with van der Waals surface area (Å²) in [7, 11) is 0. The molecule has 2 N–H and O–H groups in total. The molecule has 0 aliphatic carbocycles. The number of benzene rings is 1. The molecule has 1 saturated heterocycles. The van der Waals surface area contributed by atoms with Crippen molar-refractivity contribution >= 4 is 11.7 Å².